The van der Waals surface area contributed by atoms with Crippen LogP contribution in [-0.2, 0) is 13.1 Å². The van der Waals surface area contributed by atoms with Crippen molar-refractivity contribution >= 4 is 23.3 Å². The van der Waals surface area contributed by atoms with Gasteiger partial charge in [-0.1, -0.05) is 35.0 Å². The summed E-state index contributed by atoms with van der Waals surface area (Å²) < 4.78 is 6.46. The average Bonchev–Trinajstić information content (AvgIpc) is 3.22. The van der Waals surface area contributed by atoms with Crippen LogP contribution in [0.15, 0.2) is 41.1 Å². The lowest BCUT2D eigenvalue weighted by atomic mass is 10.1. The first kappa shape index (κ1) is 17.6. The molecule has 3 rings (SSSR count). The molecule has 9 nitrogen and oxygen atoms in total. The molecule has 0 fully saturated rings. The lowest BCUT2D eigenvalue weighted by Crippen LogP contribution is -2.25. The molecule has 0 saturated heterocycles. The molecular formula is C16H14ClN5O4. The minimum Gasteiger partial charge on any atom is -0.361 e. The van der Waals surface area contributed by atoms with Crippen LogP contribution in [0, 0.1) is 17.0 Å². The van der Waals surface area contributed by atoms with E-state index in [0.717, 1.165) is 5.56 Å². The summed E-state index contributed by atoms with van der Waals surface area (Å²) >= 11 is 6.07. The van der Waals surface area contributed by atoms with Gasteiger partial charge in [-0.2, -0.15) is 4.68 Å². The molecule has 2 aromatic heterocycles. The van der Waals surface area contributed by atoms with Crippen molar-refractivity contribution < 1.29 is 14.2 Å². The van der Waals surface area contributed by atoms with Crippen LogP contribution in [-0.4, -0.2) is 25.8 Å². The molecule has 2 heterocycles. The predicted molar refractivity (Wildman–Crippen MR) is 91.8 cm³/mol. The molecule has 10 heteroatoms. The average molecular weight is 376 g/mol. The van der Waals surface area contributed by atoms with Gasteiger partial charge in [-0.05, 0) is 23.5 Å². The second-order valence-electron chi connectivity index (χ2n) is 5.47. The van der Waals surface area contributed by atoms with Gasteiger partial charge in [0.05, 0.1) is 29.5 Å². The van der Waals surface area contributed by atoms with E-state index in [2.05, 4.69) is 15.6 Å². The van der Waals surface area contributed by atoms with E-state index in [0.29, 0.717) is 16.3 Å². The maximum absolute atomic E-state index is 12.5. The zero-order valence-corrected chi connectivity index (χ0v) is 14.4. The van der Waals surface area contributed by atoms with Crippen LogP contribution in [0.4, 0.5) is 5.82 Å². The minimum atomic E-state index is -0.589. The first-order chi connectivity index (χ1) is 12.5. The first-order valence-electron chi connectivity index (χ1n) is 7.60. The van der Waals surface area contributed by atoms with Gasteiger partial charge >= 0.3 is 5.82 Å². The number of benzene rings is 1. The van der Waals surface area contributed by atoms with E-state index in [9.17, 15) is 14.9 Å². The zero-order valence-electron chi connectivity index (χ0n) is 13.7. The van der Waals surface area contributed by atoms with Crippen molar-refractivity contribution in [1.82, 2.24) is 20.3 Å². The maximum Gasteiger partial charge on any atom is 0.389 e. The number of rotatable bonds is 6. The van der Waals surface area contributed by atoms with Crippen LogP contribution in [0.2, 0.25) is 5.02 Å². The number of aryl methyl sites for hydroxylation is 1. The minimum absolute atomic E-state index is 0.104. The molecule has 134 valence electrons. The fourth-order valence-electron chi connectivity index (χ4n) is 2.36. The molecular weight excluding hydrogens is 362 g/mol. The van der Waals surface area contributed by atoms with Crippen molar-refractivity contribution in [3.8, 4) is 0 Å². The molecule has 0 spiro atoms. The van der Waals surface area contributed by atoms with Crippen LogP contribution in [0.5, 0.6) is 0 Å². The summed E-state index contributed by atoms with van der Waals surface area (Å²) in [5.41, 5.74) is 1.37. The number of carbonyl (C=O) groups excluding carboxylic acids is 1. The molecule has 1 N–H and O–H groups in total. The number of nitrogens with one attached hydrogen (secondary N) is 1. The van der Waals surface area contributed by atoms with Crippen LogP contribution in [0.25, 0.3) is 0 Å². The SMILES string of the molecule is Cc1onc(C(=O)NCc2ccccc2Cl)c1Cn1ccc([N+](=O)[O-])n1. The molecule has 0 bridgehead atoms. The Morgan fingerprint density at radius 1 is 1.38 bits per heavy atom. The van der Waals surface area contributed by atoms with E-state index >= 15 is 0 Å². The van der Waals surface area contributed by atoms with E-state index in [1.807, 2.05) is 6.07 Å². The smallest absolute Gasteiger partial charge is 0.361 e. The summed E-state index contributed by atoms with van der Waals surface area (Å²) in [4.78, 5) is 22.6. The van der Waals surface area contributed by atoms with Gasteiger partial charge in [-0.25, -0.2) is 0 Å². The molecule has 1 aromatic carbocycles. The van der Waals surface area contributed by atoms with E-state index < -0.39 is 10.8 Å². The zero-order chi connectivity index (χ0) is 18.7. The van der Waals surface area contributed by atoms with Crippen molar-refractivity contribution in [2.45, 2.75) is 20.0 Å². The number of carbonyl (C=O) groups is 1. The summed E-state index contributed by atoms with van der Waals surface area (Å²) in [7, 11) is 0. The fourth-order valence-corrected chi connectivity index (χ4v) is 2.56. The topological polar surface area (TPSA) is 116 Å². The van der Waals surface area contributed by atoms with Crippen molar-refractivity contribution in [3.63, 3.8) is 0 Å². The summed E-state index contributed by atoms with van der Waals surface area (Å²) in [5.74, 6) is -0.270. The Morgan fingerprint density at radius 2 is 2.15 bits per heavy atom. The number of halogens is 1. The lowest BCUT2D eigenvalue weighted by molar-refractivity contribution is -0.389. The number of nitro groups is 1. The summed E-state index contributed by atoms with van der Waals surface area (Å²) in [6.45, 7) is 2.01. The molecule has 0 radical (unpaired) electrons. The summed E-state index contributed by atoms with van der Waals surface area (Å²) in [6.07, 6.45) is 1.45. The highest BCUT2D eigenvalue weighted by molar-refractivity contribution is 6.31. The number of aromatic nitrogens is 3. The number of hydrogen-bond acceptors (Lipinski definition) is 6. The highest BCUT2D eigenvalue weighted by Crippen LogP contribution is 2.18. The van der Waals surface area contributed by atoms with Crippen LogP contribution in [0.1, 0.15) is 27.4 Å². The Bertz CT molecular complexity index is 965. The van der Waals surface area contributed by atoms with Crippen LogP contribution < -0.4 is 5.32 Å². The Hall–Kier alpha value is -3.20. The van der Waals surface area contributed by atoms with Gasteiger partial charge in [-0.3, -0.25) is 4.79 Å². The second kappa shape index (κ2) is 7.36. The Balaban J connectivity index is 1.75. The van der Waals surface area contributed by atoms with Gasteiger partial charge in [0, 0.05) is 11.6 Å². The van der Waals surface area contributed by atoms with Gasteiger partial charge in [0.15, 0.2) is 5.69 Å². The molecule has 26 heavy (non-hydrogen) atoms. The number of hydrogen-bond donors (Lipinski definition) is 1. The summed E-state index contributed by atoms with van der Waals surface area (Å²) in [5, 5.41) is 21.6. The Kier molecular flexibility index (Phi) is 4.99. The molecule has 1 amide bonds. The monoisotopic (exact) mass is 375 g/mol. The van der Waals surface area contributed by atoms with E-state index in [1.165, 1.54) is 16.9 Å². The van der Waals surface area contributed by atoms with Crippen molar-refractivity contribution in [2.75, 3.05) is 0 Å². The second-order valence-corrected chi connectivity index (χ2v) is 5.88. The maximum atomic E-state index is 12.5. The van der Waals surface area contributed by atoms with Crippen LogP contribution >= 0.6 is 11.6 Å². The van der Waals surface area contributed by atoms with Gasteiger partial charge in [0.25, 0.3) is 5.91 Å². The molecule has 0 aliphatic heterocycles. The standard InChI is InChI=1S/C16H14ClN5O4/c1-10-12(9-21-7-6-14(19-21)22(24)25)15(20-26-10)16(23)18-8-11-4-2-3-5-13(11)17/h2-7H,8-9H2,1H3,(H,18,23). The fraction of sp³-hybridized carbons (Fsp3) is 0.188. The normalized spacial score (nSPS) is 10.7. The molecule has 0 saturated carbocycles. The van der Waals surface area contributed by atoms with Gasteiger partial charge in [0.2, 0.25) is 0 Å². The van der Waals surface area contributed by atoms with E-state index in [1.54, 1.807) is 25.1 Å². The highest BCUT2D eigenvalue weighted by atomic mass is 35.5. The lowest BCUT2D eigenvalue weighted by Gasteiger charge is -2.06. The molecule has 3 aromatic rings. The molecule has 0 aliphatic carbocycles. The van der Waals surface area contributed by atoms with Gasteiger partial charge in [0.1, 0.15) is 5.76 Å². The highest BCUT2D eigenvalue weighted by Gasteiger charge is 2.22. The van der Waals surface area contributed by atoms with Crippen LogP contribution in [0.3, 0.4) is 0 Å². The van der Waals surface area contributed by atoms with Gasteiger partial charge in [-0.15, -0.1) is 0 Å². The first-order valence-corrected chi connectivity index (χ1v) is 7.98. The summed E-state index contributed by atoms with van der Waals surface area (Å²) in [6, 6.07) is 8.44. The van der Waals surface area contributed by atoms with Crippen molar-refractivity contribution in [2.24, 2.45) is 0 Å². The van der Waals surface area contributed by atoms with Crippen molar-refractivity contribution in [1.29, 1.82) is 0 Å². The Labute approximate surface area is 152 Å². The van der Waals surface area contributed by atoms with E-state index in [4.69, 9.17) is 16.1 Å². The third-order valence-corrected chi connectivity index (χ3v) is 4.10. The Morgan fingerprint density at radius 3 is 2.85 bits per heavy atom. The van der Waals surface area contributed by atoms with Gasteiger partial charge < -0.3 is 20.0 Å². The molecule has 0 atom stereocenters. The largest absolute Gasteiger partial charge is 0.389 e. The number of nitrogens with zero attached hydrogens (tertiary/aromatic N) is 4. The molecule has 0 unspecified atom stereocenters. The molecule has 0 aliphatic rings. The predicted octanol–water partition coefficient (Wildman–Crippen LogP) is 2.72. The van der Waals surface area contributed by atoms with Crippen molar-refractivity contribution in [3.05, 3.63) is 74.2 Å². The van der Waals surface area contributed by atoms with E-state index in [-0.39, 0.29) is 24.6 Å². The number of amides is 1. The third kappa shape index (κ3) is 3.72. The third-order valence-electron chi connectivity index (χ3n) is 3.73. The quantitative estimate of drug-likeness (QED) is 0.523.